The van der Waals surface area contributed by atoms with Crippen molar-refractivity contribution in [2.24, 2.45) is 0 Å². The van der Waals surface area contributed by atoms with Crippen molar-refractivity contribution in [1.82, 2.24) is 0 Å². The molecule has 0 radical (unpaired) electrons. The van der Waals surface area contributed by atoms with Crippen LogP contribution < -0.4 is 0 Å². The fraction of sp³-hybridized carbons (Fsp3) is 0.500. The zero-order chi connectivity index (χ0) is 7.73. The van der Waals surface area contributed by atoms with E-state index >= 15 is 0 Å². The summed E-state index contributed by atoms with van der Waals surface area (Å²) in [6, 6.07) is 4.39. The molecule has 0 unspecified atom stereocenters. The van der Waals surface area contributed by atoms with Crippen LogP contribution in [0.1, 0.15) is 11.8 Å². The van der Waals surface area contributed by atoms with Gasteiger partial charge in [0.25, 0.3) is 0 Å². The molecular formula is C8H10S3. The summed E-state index contributed by atoms with van der Waals surface area (Å²) >= 11 is 6.03. The minimum atomic E-state index is 0.369. The number of hydrogen-bond donors (Lipinski definition) is 0. The molecule has 0 nitrogen and oxygen atoms in total. The van der Waals surface area contributed by atoms with Gasteiger partial charge < -0.3 is 0 Å². The Labute approximate surface area is 79.8 Å². The van der Waals surface area contributed by atoms with Crippen LogP contribution in [0.4, 0.5) is 0 Å². The van der Waals surface area contributed by atoms with Gasteiger partial charge in [0.15, 0.2) is 0 Å². The molecule has 1 aromatic heterocycles. The minimum absolute atomic E-state index is 0.369. The molecule has 11 heavy (non-hydrogen) atoms. The summed E-state index contributed by atoms with van der Waals surface area (Å²) in [5, 5.41) is 2.17. The first kappa shape index (κ1) is 8.02. The minimum Gasteiger partial charge on any atom is -0.147 e. The van der Waals surface area contributed by atoms with Crippen molar-refractivity contribution >= 4 is 34.9 Å². The second kappa shape index (κ2) is 3.04. The number of hydrogen-bond acceptors (Lipinski definition) is 3. The van der Waals surface area contributed by atoms with Crippen molar-refractivity contribution < 1.29 is 0 Å². The molecule has 3 heteroatoms. The monoisotopic (exact) mass is 202 g/mol. The van der Waals surface area contributed by atoms with Crippen molar-refractivity contribution in [2.75, 3.05) is 11.5 Å². The summed E-state index contributed by atoms with van der Waals surface area (Å²) in [6.07, 6.45) is 0. The zero-order valence-corrected chi connectivity index (χ0v) is 8.82. The van der Waals surface area contributed by atoms with E-state index in [9.17, 15) is 0 Å². The average Bonchev–Trinajstić information content (AvgIpc) is 2.55. The Morgan fingerprint density at radius 3 is 2.64 bits per heavy atom. The van der Waals surface area contributed by atoms with Crippen LogP contribution in [0.5, 0.6) is 0 Å². The third-order valence-corrected chi connectivity index (χ3v) is 6.48. The lowest BCUT2D eigenvalue weighted by atomic mass is 10.4. The highest BCUT2D eigenvalue weighted by Gasteiger charge is 2.32. The van der Waals surface area contributed by atoms with E-state index in [1.54, 1.807) is 0 Å². The van der Waals surface area contributed by atoms with E-state index in [1.807, 2.05) is 11.3 Å². The summed E-state index contributed by atoms with van der Waals surface area (Å²) in [5.41, 5.74) is 0. The quantitative estimate of drug-likeness (QED) is 0.684. The van der Waals surface area contributed by atoms with Gasteiger partial charge in [-0.05, 0) is 18.4 Å². The maximum absolute atomic E-state index is 2.33. The van der Waals surface area contributed by atoms with Gasteiger partial charge in [0.05, 0.1) is 4.08 Å². The molecule has 60 valence electrons. The van der Waals surface area contributed by atoms with Crippen LogP contribution in [0.3, 0.4) is 0 Å². The number of thioether (sulfide) groups is 2. The van der Waals surface area contributed by atoms with Gasteiger partial charge in [0, 0.05) is 16.4 Å². The van der Waals surface area contributed by atoms with Gasteiger partial charge in [-0.2, -0.15) is 0 Å². The van der Waals surface area contributed by atoms with E-state index in [-0.39, 0.29) is 0 Å². The van der Waals surface area contributed by atoms with Gasteiger partial charge in [-0.1, -0.05) is 6.07 Å². The topological polar surface area (TPSA) is 0 Å². The van der Waals surface area contributed by atoms with Crippen LogP contribution in [0.15, 0.2) is 17.5 Å². The van der Waals surface area contributed by atoms with Crippen LogP contribution in [0.25, 0.3) is 0 Å². The second-order valence-corrected chi connectivity index (χ2v) is 6.85. The Kier molecular flexibility index (Phi) is 2.21. The molecule has 1 saturated heterocycles. The molecule has 0 aromatic carbocycles. The van der Waals surface area contributed by atoms with Gasteiger partial charge >= 0.3 is 0 Å². The summed E-state index contributed by atoms with van der Waals surface area (Å²) in [6.45, 7) is 2.33. The summed E-state index contributed by atoms with van der Waals surface area (Å²) in [5.74, 6) is 2.61. The van der Waals surface area contributed by atoms with Crippen molar-refractivity contribution in [2.45, 2.75) is 11.0 Å². The van der Waals surface area contributed by atoms with Crippen LogP contribution in [0, 0.1) is 0 Å². The number of rotatable bonds is 1. The van der Waals surface area contributed by atoms with Gasteiger partial charge in [0.2, 0.25) is 0 Å². The van der Waals surface area contributed by atoms with E-state index in [2.05, 4.69) is 48.0 Å². The molecule has 0 spiro atoms. The third kappa shape index (κ3) is 1.46. The molecule has 0 aliphatic carbocycles. The van der Waals surface area contributed by atoms with Crippen LogP contribution in [-0.4, -0.2) is 11.5 Å². The van der Waals surface area contributed by atoms with E-state index in [0.717, 1.165) is 0 Å². The molecule has 2 heterocycles. The van der Waals surface area contributed by atoms with Crippen molar-refractivity contribution in [3.05, 3.63) is 22.4 Å². The lowest BCUT2D eigenvalue weighted by Gasteiger charge is -2.19. The lowest BCUT2D eigenvalue weighted by molar-refractivity contribution is 1.06. The lowest BCUT2D eigenvalue weighted by Crippen LogP contribution is -2.04. The molecule has 0 N–H and O–H groups in total. The molecule has 1 fully saturated rings. The van der Waals surface area contributed by atoms with E-state index in [1.165, 1.54) is 16.4 Å². The Bertz CT molecular complexity index is 221. The summed E-state index contributed by atoms with van der Waals surface area (Å²) < 4.78 is 0.369. The fourth-order valence-corrected chi connectivity index (χ4v) is 5.21. The first-order valence-electron chi connectivity index (χ1n) is 3.63. The van der Waals surface area contributed by atoms with Crippen molar-refractivity contribution in [3.8, 4) is 0 Å². The molecule has 0 bridgehead atoms. The molecule has 0 amide bonds. The summed E-state index contributed by atoms with van der Waals surface area (Å²) in [4.78, 5) is 1.52. The number of thiophene rings is 1. The highest BCUT2D eigenvalue weighted by Crippen LogP contribution is 2.52. The Hall–Kier alpha value is 0.400. The van der Waals surface area contributed by atoms with Crippen LogP contribution in [-0.2, 0) is 4.08 Å². The SMILES string of the molecule is CC1(c2cccs2)SCCS1. The molecule has 1 aromatic rings. The highest BCUT2D eigenvalue weighted by molar-refractivity contribution is 8.20. The van der Waals surface area contributed by atoms with Crippen LogP contribution in [0.2, 0.25) is 0 Å². The summed E-state index contributed by atoms with van der Waals surface area (Å²) in [7, 11) is 0. The maximum atomic E-state index is 2.33. The Morgan fingerprint density at radius 2 is 2.09 bits per heavy atom. The van der Waals surface area contributed by atoms with Gasteiger partial charge in [-0.25, -0.2) is 0 Å². The van der Waals surface area contributed by atoms with Gasteiger partial charge in [0.1, 0.15) is 0 Å². The van der Waals surface area contributed by atoms with Crippen molar-refractivity contribution in [3.63, 3.8) is 0 Å². The molecule has 2 rings (SSSR count). The first-order valence-corrected chi connectivity index (χ1v) is 6.48. The predicted molar refractivity (Wildman–Crippen MR) is 56.6 cm³/mol. The molecule has 1 aliphatic rings. The zero-order valence-electron chi connectivity index (χ0n) is 6.37. The third-order valence-electron chi connectivity index (χ3n) is 1.81. The second-order valence-electron chi connectivity index (χ2n) is 2.62. The average molecular weight is 202 g/mol. The largest absolute Gasteiger partial charge is 0.147 e. The molecule has 0 atom stereocenters. The first-order chi connectivity index (χ1) is 5.31. The van der Waals surface area contributed by atoms with E-state index in [0.29, 0.717) is 4.08 Å². The molecular weight excluding hydrogens is 192 g/mol. The normalized spacial score (nSPS) is 22.3. The maximum Gasteiger partial charge on any atom is 0.0924 e. The predicted octanol–water partition coefficient (Wildman–Crippen LogP) is 3.40. The molecule has 0 saturated carbocycles. The molecule has 1 aliphatic heterocycles. The Balaban J connectivity index is 2.27. The van der Waals surface area contributed by atoms with E-state index in [4.69, 9.17) is 0 Å². The van der Waals surface area contributed by atoms with E-state index < -0.39 is 0 Å². The smallest absolute Gasteiger partial charge is 0.0924 e. The van der Waals surface area contributed by atoms with Crippen molar-refractivity contribution in [1.29, 1.82) is 0 Å². The van der Waals surface area contributed by atoms with Gasteiger partial charge in [-0.15, -0.1) is 34.9 Å². The van der Waals surface area contributed by atoms with Gasteiger partial charge in [-0.3, -0.25) is 0 Å². The Morgan fingerprint density at radius 1 is 1.36 bits per heavy atom. The fourth-order valence-electron chi connectivity index (χ4n) is 1.19. The highest BCUT2D eigenvalue weighted by atomic mass is 32.2. The van der Waals surface area contributed by atoms with Crippen LogP contribution >= 0.6 is 34.9 Å². The standard InChI is InChI=1S/C8H10S3/c1-8(10-5-6-11-8)7-3-2-4-9-7/h2-4H,5-6H2,1H3.